The van der Waals surface area contributed by atoms with Crippen LogP contribution in [0.1, 0.15) is 22.8 Å². The van der Waals surface area contributed by atoms with Gasteiger partial charge in [0.15, 0.2) is 0 Å². The van der Waals surface area contributed by atoms with Gasteiger partial charge in [0.25, 0.3) is 5.91 Å². The van der Waals surface area contributed by atoms with E-state index in [1.54, 1.807) is 0 Å². The molecule has 0 saturated heterocycles. The molecule has 0 spiro atoms. The molecule has 1 amide bonds. The van der Waals surface area contributed by atoms with E-state index in [1.807, 2.05) is 54.6 Å². The quantitative estimate of drug-likeness (QED) is 0.379. The van der Waals surface area contributed by atoms with Crippen LogP contribution in [0.25, 0.3) is 11.1 Å². The van der Waals surface area contributed by atoms with Crippen LogP contribution in [-0.2, 0) is 16.0 Å². The third-order valence-electron chi connectivity index (χ3n) is 5.66. The standard InChI is InChI=1S/C28H29NO7S/c1-17(29-26(30)25-22(35-3)15-21(34-2)16-23(25)36-4)28(33)37-24(27(31)32)14-18-10-12-20(13-11-18)19-8-6-5-7-9-19/h5-13,15-17,24H,14H2,1-4H3,(H,29,30)(H,31,32)/t17-,24-/m1/s1. The summed E-state index contributed by atoms with van der Waals surface area (Å²) >= 11 is 0.684. The summed E-state index contributed by atoms with van der Waals surface area (Å²) in [4.78, 5) is 37.8. The average molecular weight is 524 g/mol. The van der Waals surface area contributed by atoms with Crippen molar-refractivity contribution >= 4 is 28.8 Å². The van der Waals surface area contributed by atoms with Gasteiger partial charge in [-0.05, 0) is 30.0 Å². The highest BCUT2D eigenvalue weighted by Crippen LogP contribution is 2.34. The van der Waals surface area contributed by atoms with Crippen molar-refractivity contribution in [2.45, 2.75) is 24.6 Å². The van der Waals surface area contributed by atoms with E-state index >= 15 is 0 Å². The molecule has 0 heterocycles. The molecule has 0 radical (unpaired) electrons. The van der Waals surface area contributed by atoms with Crippen LogP contribution in [0.4, 0.5) is 0 Å². The van der Waals surface area contributed by atoms with Crippen molar-refractivity contribution in [3.8, 4) is 28.4 Å². The van der Waals surface area contributed by atoms with Crippen LogP contribution in [0.3, 0.4) is 0 Å². The van der Waals surface area contributed by atoms with Crippen LogP contribution < -0.4 is 19.5 Å². The van der Waals surface area contributed by atoms with E-state index in [4.69, 9.17) is 14.2 Å². The van der Waals surface area contributed by atoms with Crippen molar-refractivity contribution in [2.75, 3.05) is 21.3 Å². The van der Waals surface area contributed by atoms with Gasteiger partial charge >= 0.3 is 5.97 Å². The molecule has 9 heteroatoms. The van der Waals surface area contributed by atoms with Crippen LogP contribution in [0, 0.1) is 0 Å². The van der Waals surface area contributed by atoms with Crippen molar-refractivity contribution in [3.63, 3.8) is 0 Å². The third kappa shape index (κ3) is 7.04. The topological polar surface area (TPSA) is 111 Å². The normalized spacial score (nSPS) is 12.2. The minimum Gasteiger partial charge on any atom is -0.496 e. The zero-order valence-corrected chi connectivity index (χ0v) is 21.8. The van der Waals surface area contributed by atoms with Crippen LogP contribution in [0.5, 0.6) is 17.2 Å². The van der Waals surface area contributed by atoms with Gasteiger partial charge in [0.05, 0.1) is 27.4 Å². The summed E-state index contributed by atoms with van der Waals surface area (Å²) in [5.41, 5.74) is 2.96. The number of hydrogen-bond donors (Lipinski definition) is 2. The summed E-state index contributed by atoms with van der Waals surface area (Å²) < 4.78 is 15.8. The smallest absolute Gasteiger partial charge is 0.317 e. The average Bonchev–Trinajstić information content (AvgIpc) is 2.92. The predicted octanol–water partition coefficient (Wildman–Crippen LogP) is 4.45. The third-order valence-corrected chi connectivity index (χ3v) is 6.90. The van der Waals surface area contributed by atoms with Gasteiger partial charge in [0.1, 0.15) is 28.1 Å². The summed E-state index contributed by atoms with van der Waals surface area (Å²) in [6, 6.07) is 19.5. The lowest BCUT2D eigenvalue weighted by Crippen LogP contribution is -2.39. The molecule has 0 bridgehead atoms. The maximum absolute atomic E-state index is 13.0. The van der Waals surface area contributed by atoms with E-state index in [-0.39, 0.29) is 23.5 Å². The van der Waals surface area contributed by atoms with E-state index in [1.165, 1.54) is 40.4 Å². The molecule has 8 nitrogen and oxygen atoms in total. The number of aliphatic carboxylic acids is 1. The Balaban J connectivity index is 1.68. The molecule has 2 N–H and O–H groups in total. The fourth-order valence-corrected chi connectivity index (χ4v) is 4.58. The van der Waals surface area contributed by atoms with Crippen LogP contribution in [-0.4, -0.2) is 54.7 Å². The highest BCUT2D eigenvalue weighted by atomic mass is 32.2. The Kier molecular flexibility index (Phi) is 9.57. The summed E-state index contributed by atoms with van der Waals surface area (Å²) in [7, 11) is 4.28. The molecular formula is C28H29NO7S. The molecule has 0 aliphatic rings. The van der Waals surface area contributed by atoms with Crippen molar-refractivity contribution in [1.29, 1.82) is 0 Å². The van der Waals surface area contributed by atoms with E-state index in [9.17, 15) is 19.5 Å². The lowest BCUT2D eigenvalue weighted by atomic mass is 10.0. The maximum atomic E-state index is 13.0. The van der Waals surface area contributed by atoms with Crippen molar-refractivity contribution in [1.82, 2.24) is 5.32 Å². The van der Waals surface area contributed by atoms with Gasteiger partial charge in [0, 0.05) is 12.1 Å². The second kappa shape index (κ2) is 12.8. The Morgan fingerprint density at radius 3 is 1.95 bits per heavy atom. The minimum absolute atomic E-state index is 0.101. The number of ether oxygens (including phenoxy) is 3. The fourth-order valence-electron chi connectivity index (χ4n) is 3.66. The molecule has 3 rings (SSSR count). The first-order valence-corrected chi connectivity index (χ1v) is 12.3. The highest BCUT2D eigenvalue weighted by molar-refractivity contribution is 8.14. The zero-order valence-electron chi connectivity index (χ0n) is 21.0. The van der Waals surface area contributed by atoms with E-state index in [0.29, 0.717) is 17.5 Å². The minimum atomic E-state index is -1.11. The SMILES string of the molecule is COc1cc(OC)c(C(=O)N[C@H](C)C(=O)S[C@H](Cc2ccc(-c3ccccc3)cc2)C(=O)O)c(OC)c1. The first kappa shape index (κ1) is 27.6. The molecule has 0 aromatic heterocycles. The van der Waals surface area contributed by atoms with Crippen molar-refractivity contribution in [3.05, 3.63) is 77.9 Å². The Morgan fingerprint density at radius 1 is 0.865 bits per heavy atom. The maximum Gasteiger partial charge on any atom is 0.317 e. The first-order chi connectivity index (χ1) is 17.8. The summed E-state index contributed by atoms with van der Waals surface area (Å²) in [5.74, 6) is -0.846. The van der Waals surface area contributed by atoms with Crippen LogP contribution >= 0.6 is 11.8 Å². The van der Waals surface area contributed by atoms with Crippen molar-refractivity contribution in [2.24, 2.45) is 0 Å². The van der Waals surface area contributed by atoms with E-state index < -0.39 is 28.3 Å². The second-order valence-corrected chi connectivity index (χ2v) is 9.34. The Labute approximate surface area is 219 Å². The van der Waals surface area contributed by atoms with Gasteiger partial charge in [-0.1, -0.05) is 66.4 Å². The molecule has 2 atom stereocenters. The number of rotatable bonds is 11. The van der Waals surface area contributed by atoms with Crippen molar-refractivity contribution < 1.29 is 33.7 Å². The van der Waals surface area contributed by atoms with E-state index in [0.717, 1.165) is 16.7 Å². The van der Waals surface area contributed by atoms with Gasteiger partial charge in [-0.15, -0.1) is 0 Å². The first-order valence-electron chi connectivity index (χ1n) is 11.5. The summed E-state index contributed by atoms with van der Waals surface area (Å²) in [6.45, 7) is 1.50. The fraction of sp³-hybridized carbons (Fsp3) is 0.250. The van der Waals surface area contributed by atoms with Gasteiger partial charge < -0.3 is 24.6 Å². The predicted molar refractivity (Wildman–Crippen MR) is 143 cm³/mol. The monoisotopic (exact) mass is 523 g/mol. The van der Waals surface area contributed by atoms with Gasteiger partial charge in [-0.2, -0.15) is 0 Å². The summed E-state index contributed by atoms with van der Waals surface area (Å²) in [6.07, 6.45) is 0.154. The van der Waals surface area contributed by atoms with E-state index in [2.05, 4.69) is 5.32 Å². The Hall–Kier alpha value is -3.98. The van der Waals surface area contributed by atoms with Crippen LogP contribution in [0.2, 0.25) is 0 Å². The Morgan fingerprint density at radius 2 is 1.43 bits per heavy atom. The second-order valence-electron chi connectivity index (χ2n) is 8.13. The zero-order chi connectivity index (χ0) is 26.9. The molecule has 0 aliphatic carbocycles. The number of carboxylic acid groups (broad SMARTS) is 1. The molecule has 37 heavy (non-hydrogen) atoms. The molecule has 0 fully saturated rings. The number of nitrogens with one attached hydrogen (secondary N) is 1. The molecular weight excluding hydrogens is 494 g/mol. The highest BCUT2D eigenvalue weighted by Gasteiger charge is 2.28. The lowest BCUT2D eigenvalue weighted by molar-refractivity contribution is -0.136. The molecule has 3 aromatic carbocycles. The molecule has 0 saturated carbocycles. The van der Waals surface area contributed by atoms with Crippen LogP contribution in [0.15, 0.2) is 66.7 Å². The lowest BCUT2D eigenvalue weighted by Gasteiger charge is -2.18. The number of benzene rings is 3. The summed E-state index contributed by atoms with van der Waals surface area (Å²) in [5, 5.41) is 10.9. The largest absolute Gasteiger partial charge is 0.496 e. The number of carboxylic acids is 1. The van der Waals surface area contributed by atoms with Gasteiger partial charge in [-0.25, -0.2) is 0 Å². The molecule has 0 aliphatic heterocycles. The number of carbonyl (C=O) groups excluding carboxylic acids is 2. The molecule has 194 valence electrons. The number of amides is 1. The van der Waals surface area contributed by atoms with Gasteiger partial charge in [-0.3, -0.25) is 14.4 Å². The number of thioether (sulfide) groups is 1. The van der Waals surface area contributed by atoms with Gasteiger partial charge in [0.2, 0.25) is 5.12 Å². The molecule has 0 unspecified atom stereocenters. The Bertz CT molecular complexity index is 1220. The number of carbonyl (C=O) groups is 3. The molecule has 3 aromatic rings. The number of methoxy groups -OCH3 is 3. The number of hydrogen-bond acceptors (Lipinski definition) is 7.